The molecule has 3 heteroatoms. The highest BCUT2D eigenvalue weighted by molar-refractivity contribution is 6.13. The molecule has 8 rings (SSSR count). The average molecular weight is 710 g/mol. The third-order valence-electron chi connectivity index (χ3n) is 11.5. The van der Waals surface area contributed by atoms with Crippen LogP contribution in [0.5, 0.6) is 0 Å². The van der Waals surface area contributed by atoms with E-state index in [0.717, 1.165) is 77.4 Å². The summed E-state index contributed by atoms with van der Waals surface area (Å²) in [6.45, 7) is 26.0. The lowest BCUT2D eigenvalue weighted by Crippen LogP contribution is -2.04. The second kappa shape index (κ2) is 13.6. The van der Waals surface area contributed by atoms with E-state index in [2.05, 4.69) is 186 Å². The minimum absolute atomic E-state index is 0.473. The minimum atomic E-state index is 0.473. The number of nitrogens with zero attached hydrogens (tertiary/aromatic N) is 3. The van der Waals surface area contributed by atoms with Crippen LogP contribution in [0.4, 0.5) is 5.69 Å². The first-order valence-corrected chi connectivity index (χ1v) is 18.9. The zero-order valence-corrected chi connectivity index (χ0v) is 32.8. The van der Waals surface area contributed by atoms with Crippen molar-refractivity contribution in [3.8, 4) is 56.3 Å². The summed E-state index contributed by atoms with van der Waals surface area (Å²) in [6, 6.07) is 43.6. The Balaban J connectivity index is 1.58. The standard InChI is InChI=1S/C52H43N3/c1-30-14-10-15-31(2)47(30)38-22-24-45-40(26-38)41-27-39(48-32(3)16-11-17-33(48)4)23-25-46(41)55(45)52-44(29-53)42(49-34(5)18-12-19-35(49)6)28-43(51(52)54-9)50-36(7)20-13-21-37(50)8/h10-28H,1-8H3. The highest BCUT2D eigenvalue weighted by atomic mass is 15.0. The summed E-state index contributed by atoms with van der Waals surface area (Å²) in [4.78, 5) is 4.34. The zero-order valence-electron chi connectivity index (χ0n) is 32.8. The highest BCUT2D eigenvalue weighted by Crippen LogP contribution is 2.49. The number of benzene rings is 7. The number of hydrogen-bond acceptors (Lipinski definition) is 1. The van der Waals surface area contributed by atoms with Crippen molar-refractivity contribution in [1.29, 1.82) is 5.26 Å². The molecule has 0 spiro atoms. The van der Waals surface area contributed by atoms with Crippen LogP contribution in [0.2, 0.25) is 0 Å². The fourth-order valence-electron chi connectivity index (χ4n) is 9.08. The predicted molar refractivity (Wildman–Crippen MR) is 231 cm³/mol. The van der Waals surface area contributed by atoms with Crippen LogP contribution < -0.4 is 0 Å². The minimum Gasteiger partial charge on any atom is -0.318 e. The molecule has 8 aromatic rings. The maximum atomic E-state index is 11.3. The van der Waals surface area contributed by atoms with Gasteiger partial charge in [0.25, 0.3) is 0 Å². The van der Waals surface area contributed by atoms with Crippen LogP contribution in [0, 0.1) is 73.3 Å². The maximum absolute atomic E-state index is 11.3. The van der Waals surface area contributed by atoms with E-state index in [-0.39, 0.29) is 0 Å². The van der Waals surface area contributed by atoms with Crippen molar-refractivity contribution in [2.75, 3.05) is 0 Å². The Morgan fingerprint density at radius 3 is 1.20 bits per heavy atom. The van der Waals surface area contributed by atoms with Crippen LogP contribution in [-0.4, -0.2) is 4.57 Å². The lowest BCUT2D eigenvalue weighted by atomic mass is 9.86. The molecule has 0 bridgehead atoms. The monoisotopic (exact) mass is 709 g/mol. The summed E-state index contributed by atoms with van der Waals surface area (Å²) in [7, 11) is 0. The molecule has 0 saturated heterocycles. The molecule has 0 saturated carbocycles. The van der Waals surface area contributed by atoms with E-state index in [9.17, 15) is 5.26 Å². The Labute approximate surface area is 324 Å². The van der Waals surface area contributed by atoms with Crippen molar-refractivity contribution >= 4 is 27.5 Å². The molecule has 1 aromatic heterocycles. The molecular formula is C52H43N3. The molecule has 0 radical (unpaired) electrons. The van der Waals surface area contributed by atoms with E-state index in [0.29, 0.717) is 16.9 Å². The van der Waals surface area contributed by atoms with Crippen LogP contribution in [0.15, 0.2) is 115 Å². The third-order valence-corrected chi connectivity index (χ3v) is 11.5. The molecule has 0 atom stereocenters. The lowest BCUT2D eigenvalue weighted by Gasteiger charge is -2.22. The summed E-state index contributed by atoms with van der Waals surface area (Å²) in [5.41, 5.74) is 21.2. The van der Waals surface area contributed by atoms with Gasteiger partial charge in [0.2, 0.25) is 5.69 Å². The SMILES string of the molecule is [C-]#[N+]c1c(-c2c(C)cccc2C)cc(-c2c(C)cccc2C)c(C#N)c1-n1c2ccc(-c3c(C)cccc3C)cc2c2cc(-c3c(C)cccc3C)ccc21. The Morgan fingerprint density at radius 2 is 0.836 bits per heavy atom. The van der Waals surface area contributed by atoms with E-state index in [1.165, 1.54) is 33.4 Å². The van der Waals surface area contributed by atoms with E-state index < -0.39 is 0 Å². The van der Waals surface area contributed by atoms with Gasteiger partial charge in [-0.05, 0) is 163 Å². The van der Waals surface area contributed by atoms with Gasteiger partial charge in [-0.1, -0.05) is 91.0 Å². The molecule has 0 aliphatic rings. The molecule has 0 fully saturated rings. The van der Waals surface area contributed by atoms with Crippen LogP contribution >= 0.6 is 0 Å². The Kier molecular flexibility index (Phi) is 8.76. The fraction of sp³-hybridized carbons (Fsp3) is 0.154. The highest BCUT2D eigenvalue weighted by Gasteiger charge is 2.27. The van der Waals surface area contributed by atoms with Crippen LogP contribution in [0.25, 0.3) is 76.8 Å². The van der Waals surface area contributed by atoms with Gasteiger partial charge in [0.1, 0.15) is 6.07 Å². The van der Waals surface area contributed by atoms with Gasteiger partial charge in [0.05, 0.1) is 28.9 Å². The number of aryl methyl sites for hydroxylation is 8. The Hall–Kier alpha value is -6.68. The number of fused-ring (bicyclic) bond motifs is 3. The van der Waals surface area contributed by atoms with Crippen molar-refractivity contribution in [3.63, 3.8) is 0 Å². The summed E-state index contributed by atoms with van der Waals surface area (Å²) in [5.74, 6) is 0. The normalized spacial score (nSPS) is 11.2. The van der Waals surface area contributed by atoms with Crippen molar-refractivity contribution in [1.82, 2.24) is 4.57 Å². The van der Waals surface area contributed by atoms with Gasteiger partial charge in [-0.3, -0.25) is 0 Å². The van der Waals surface area contributed by atoms with Crippen molar-refractivity contribution in [3.05, 3.63) is 177 Å². The molecule has 0 unspecified atom stereocenters. The van der Waals surface area contributed by atoms with Crippen molar-refractivity contribution in [2.24, 2.45) is 0 Å². The number of aromatic nitrogens is 1. The first-order valence-electron chi connectivity index (χ1n) is 18.9. The molecule has 0 N–H and O–H groups in total. The molecule has 0 amide bonds. The molecule has 3 nitrogen and oxygen atoms in total. The van der Waals surface area contributed by atoms with Crippen LogP contribution in [0.1, 0.15) is 50.1 Å². The second-order valence-corrected chi connectivity index (χ2v) is 15.1. The number of nitriles is 1. The number of rotatable bonds is 5. The summed E-state index contributed by atoms with van der Waals surface area (Å²) >= 11 is 0. The largest absolute Gasteiger partial charge is 0.318 e. The predicted octanol–water partition coefficient (Wildman–Crippen LogP) is 14.3. The van der Waals surface area contributed by atoms with E-state index in [1.807, 2.05) is 0 Å². The van der Waals surface area contributed by atoms with E-state index in [1.54, 1.807) is 0 Å². The summed E-state index contributed by atoms with van der Waals surface area (Å²) < 4.78 is 2.20. The van der Waals surface area contributed by atoms with Gasteiger partial charge in [0.15, 0.2) is 0 Å². The molecule has 266 valence electrons. The summed E-state index contributed by atoms with van der Waals surface area (Å²) in [6.07, 6.45) is 0. The first kappa shape index (κ1) is 35.4. The van der Waals surface area contributed by atoms with Crippen molar-refractivity contribution < 1.29 is 0 Å². The molecule has 0 aliphatic carbocycles. The molecule has 55 heavy (non-hydrogen) atoms. The average Bonchev–Trinajstić information content (AvgIpc) is 3.47. The van der Waals surface area contributed by atoms with Gasteiger partial charge >= 0.3 is 0 Å². The number of hydrogen-bond donors (Lipinski definition) is 0. The fourth-order valence-corrected chi connectivity index (χ4v) is 9.08. The van der Waals surface area contributed by atoms with Gasteiger partial charge in [-0.2, -0.15) is 5.26 Å². The smallest absolute Gasteiger partial charge is 0.219 e. The topological polar surface area (TPSA) is 33.1 Å². The maximum Gasteiger partial charge on any atom is 0.219 e. The van der Waals surface area contributed by atoms with Gasteiger partial charge in [0, 0.05) is 16.3 Å². The van der Waals surface area contributed by atoms with Crippen LogP contribution in [-0.2, 0) is 0 Å². The van der Waals surface area contributed by atoms with Gasteiger partial charge in [-0.25, -0.2) is 4.85 Å². The molecule has 7 aromatic carbocycles. The molecule has 1 heterocycles. The lowest BCUT2D eigenvalue weighted by molar-refractivity contribution is 1.17. The second-order valence-electron chi connectivity index (χ2n) is 15.1. The Morgan fingerprint density at radius 1 is 0.473 bits per heavy atom. The molecule has 0 aliphatic heterocycles. The van der Waals surface area contributed by atoms with Gasteiger partial charge in [-0.15, -0.1) is 0 Å². The van der Waals surface area contributed by atoms with Crippen LogP contribution in [0.3, 0.4) is 0 Å². The van der Waals surface area contributed by atoms with Crippen molar-refractivity contribution in [2.45, 2.75) is 55.4 Å². The van der Waals surface area contributed by atoms with Gasteiger partial charge < -0.3 is 4.57 Å². The third kappa shape index (κ3) is 5.64. The summed E-state index contributed by atoms with van der Waals surface area (Å²) in [5, 5.41) is 13.5. The van der Waals surface area contributed by atoms with E-state index in [4.69, 9.17) is 6.57 Å². The van der Waals surface area contributed by atoms with E-state index >= 15 is 0 Å². The molecular weight excluding hydrogens is 667 g/mol. The first-order chi connectivity index (χ1) is 26.5. The quantitative estimate of drug-likeness (QED) is 0.164. The zero-order chi connectivity index (χ0) is 38.7. The Bertz CT molecular complexity index is 2700.